The van der Waals surface area contributed by atoms with Gasteiger partial charge in [-0.2, -0.15) is 10.5 Å². The van der Waals surface area contributed by atoms with E-state index in [2.05, 4.69) is 37.5 Å². The van der Waals surface area contributed by atoms with Crippen molar-refractivity contribution >= 4 is 21.8 Å². The van der Waals surface area contributed by atoms with Crippen molar-refractivity contribution in [3.8, 4) is 12.1 Å². The molecule has 0 N–H and O–H groups in total. The van der Waals surface area contributed by atoms with Crippen molar-refractivity contribution in [3.63, 3.8) is 0 Å². The Hall–Kier alpha value is -2.78. The van der Waals surface area contributed by atoms with Crippen molar-refractivity contribution in [2.75, 3.05) is 0 Å². The topological polar surface area (TPSA) is 52.5 Å². The average molecular weight is 273 g/mol. The van der Waals surface area contributed by atoms with E-state index in [9.17, 15) is 0 Å². The SMILES string of the molecule is CC(C)(C)n1c2cc(C#N)ccc2c2ccc(C#N)cc21. The fourth-order valence-corrected chi connectivity index (χ4v) is 2.88. The Morgan fingerprint density at radius 2 is 1.24 bits per heavy atom. The zero-order chi connectivity index (χ0) is 15.2. The summed E-state index contributed by atoms with van der Waals surface area (Å²) in [5.41, 5.74) is 3.23. The van der Waals surface area contributed by atoms with Gasteiger partial charge in [0.1, 0.15) is 0 Å². The van der Waals surface area contributed by atoms with Gasteiger partial charge in [-0.05, 0) is 45.0 Å². The van der Waals surface area contributed by atoms with Gasteiger partial charge >= 0.3 is 0 Å². The second-order valence-electron chi connectivity index (χ2n) is 6.19. The maximum atomic E-state index is 9.15. The highest BCUT2D eigenvalue weighted by Crippen LogP contribution is 2.34. The largest absolute Gasteiger partial charge is 0.335 e. The predicted molar refractivity (Wildman–Crippen MR) is 83.9 cm³/mol. The molecule has 3 aromatic rings. The van der Waals surface area contributed by atoms with Crippen LogP contribution in [0.4, 0.5) is 0 Å². The van der Waals surface area contributed by atoms with Gasteiger partial charge in [-0.25, -0.2) is 0 Å². The first-order valence-corrected chi connectivity index (χ1v) is 6.84. The first-order chi connectivity index (χ1) is 9.95. The third-order valence-corrected chi connectivity index (χ3v) is 3.70. The van der Waals surface area contributed by atoms with Gasteiger partial charge in [0.05, 0.1) is 34.3 Å². The van der Waals surface area contributed by atoms with Gasteiger partial charge in [0.2, 0.25) is 0 Å². The number of rotatable bonds is 0. The van der Waals surface area contributed by atoms with Crippen LogP contribution in [0.15, 0.2) is 36.4 Å². The second kappa shape index (κ2) is 4.36. The Bertz CT molecular complexity index is 870. The molecular weight excluding hydrogens is 258 g/mol. The molecule has 0 fully saturated rings. The van der Waals surface area contributed by atoms with Gasteiger partial charge in [-0.3, -0.25) is 0 Å². The molecule has 0 saturated heterocycles. The van der Waals surface area contributed by atoms with E-state index in [-0.39, 0.29) is 5.54 Å². The maximum Gasteiger partial charge on any atom is 0.0992 e. The normalized spacial score (nSPS) is 11.5. The van der Waals surface area contributed by atoms with Crippen molar-refractivity contribution < 1.29 is 0 Å². The third-order valence-electron chi connectivity index (χ3n) is 3.70. The third kappa shape index (κ3) is 1.95. The van der Waals surface area contributed by atoms with Gasteiger partial charge in [0, 0.05) is 16.3 Å². The molecule has 1 heterocycles. The summed E-state index contributed by atoms with van der Waals surface area (Å²) in [6.45, 7) is 6.39. The molecule has 0 aliphatic carbocycles. The maximum absolute atomic E-state index is 9.15. The molecule has 0 saturated carbocycles. The molecule has 0 amide bonds. The monoisotopic (exact) mass is 273 g/mol. The molecule has 102 valence electrons. The summed E-state index contributed by atoms with van der Waals surface area (Å²) in [4.78, 5) is 0. The van der Waals surface area contributed by atoms with E-state index in [1.54, 1.807) is 0 Å². The molecule has 2 aromatic carbocycles. The number of nitriles is 2. The van der Waals surface area contributed by atoms with Gasteiger partial charge in [-0.1, -0.05) is 12.1 Å². The van der Waals surface area contributed by atoms with Crippen LogP contribution in [0.25, 0.3) is 21.8 Å². The van der Waals surface area contributed by atoms with Crippen molar-refractivity contribution in [2.24, 2.45) is 0 Å². The first-order valence-electron chi connectivity index (χ1n) is 6.84. The van der Waals surface area contributed by atoms with Crippen molar-refractivity contribution in [1.82, 2.24) is 4.57 Å². The van der Waals surface area contributed by atoms with Gasteiger partial charge in [-0.15, -0.1) is 0 Å². The van der Waals surface area contributed by atoms with Crippen LogP contribution in [0.3, 0.4) is 0 Å². The summed E-state index contributed by atoms with van der Waals surface area (Å²) in [6.07, 6.45) is 0. The molecule has 0 bridgehead atoms. The highest BCUT2D eigenvalue weighted by Gasteiger charge is 2.20. The molecule has 0 atom stereocenters. The van der Waals surface area contributed by atoms with E-state index in [0.717, 1.165) is 21.8 Å². The van der Waals surface area contributed by atoms with E-state index in [1.807, 2.05) is 36.4 Å². The van der Waals surface area contributed by atoms with Crippen LogP contribution in [0, 0.1) is 22.7 Å². The van der Waals surface area contributed by atoms with Crippen LogP contribution in [0.2, 0.25) is 0 Å². The molecule has 0 radical (unpaired) electrons. The van der Waals surface area contributed by atoms with E-state index in [1.165, 1.54) is 0 Å². The van der Waals surface area contributed by atoms with Crippen molar-refractivity contribution in [3.05, 3.63) is 47.5 Å². The lowest BCUT2D eigenvalue weighted by Gasteiger charge is -2.24. The van der Waals surface area contributed by atoms with Crippen LogP contribution in [-0.4, -0.2) is 4.57 Å². The molecule has 3 rings (SSSR count). The zero-order valence-electron chi connectivity index (χ0n) is 12.3. The molecule has 0 spiro atoms. The average Bonchev–Trinajstić information content (AvgIpc) is 2.79. The minimum atomic E-state index is -0.137. The lowest BCUT2D eigenvalue weighted by Crippen LogP contribution is -2.21. The fourth-order valence-electron chi connectivity index (χ4n) is 2.88. The Morgan fingerprint density at radius 3 is 1.57 bits per heavy atom. The van der Waals surface area contributed by atoms with Crippen LogP contribution < -0.4 is 0 Å². The Balaban J connectivity index is 2.56. The van der Waals surface area contributed by atoms with Crippen molar-refractivity contribution in [1.29, 1.82) is 10.5 Å². The van der Waals surface area contributed by atoms with Crippen LogP contribution in [0.5, 0.6) is 0 Å². The highest BCUT2D eigenvalue weighted by atomic mass is 15.0. The minimum Gasteiger partial charge on any atom is -0.335 e. The van der Waals surface area contributed by atoms with Gasteiger partial charge in [0.25, 0.3) is 0 Å². The minimum absolute atomic E-state index is 0.137. The number of fused-ring (bicyclic) bond motifs is 3. The summed E-state index contributed by atoms with van der Waals surface area (Å²) in [6, 6.07) is 15.9. The highest BCUT2D eigenvalue weighted by molar-refractivity contribution is 6.08. The molecule has 0 aliphatic rings. The number of hydrogen-bond acceptors (Lipinski definition) is 2. The summed E-state index contributed by atoms with van der Waals surface area (Å²) in [7, 11) is 0. The Morgan fingerprint density at radius 1 is 0.810 bits per heavy atom. The standard InChI is InChI=1S/C18H15N3/c1-18(2,3)21-16-8-12(10-19)4-6-14(16)15-7-5-13(11-20)9-17(15)21/h4-9H,1-3H3. The first kappa shape index (κ1) is 13.2. The van der Waals surface area contributed by atoms with E-state index < -0.39 is 0 Å². The summed E-state index contributed by atoms with van der Waals surface area (Å²) < 4.78 is 2.21. The molecule has 0 aliphatic heterocycles. The summed E-state index contributed by atoms with van der Waals surface area (Å²) >= 11 is 0. The molecule has 1 aromatic heterocycles. The van der Waals surface area contributed by atoms with E-state index >= 15 is 0 Å². The van der Waals surface area contributed by atoms with Crippen molar-refractivity contribution in [2.45, 2.75) is 26.3 Å². The predicted octanol–water partition coefficient (Wildman–Crippen LogP) is 4.29. The quantitative estimate of drug-likeness (QED) is 0.613. The fraction of sp³-hybridized carbons (Fsp3) is 0.222. The number of hydrogen-bond donors (Lipinski definition) is 0. The Kier molecular flexibility index (Phi) is 2.75. The number of nitrogens with zero attached hydrogens (tertiary/aromatic N) is 3. The van der Waals surface area contributed by atoms with E-state index in [4.69, 9.17) is 10.5 Å². The van der Waals surface area contributed by atoms with Crippen LogP contribution >= 0.6 is 0 Å². The Labute approximate surface area is 123 Å². The number of aromatic nitrogens is 1. The van der Waals surface area contributed by atoms with Gasteiger partial charge < -0.3 is 4.57 Å². The molecule has 3 heteroatoms. The van der Waals surface area contributed by atoms with Crippen LogP contribution in [-0.2, 0) is 5.54 Å². The summed E-state index contributed by atoms with van der Waals surface area (Å²) in [5, 5.41) is 20.5. The molecule has 21 heavy (non-hydrogen) atoms. The zero-order valence-corrected chi connectivity index (χ0v) is 12.3. The summed E-state index contributed by atoms with van der Waals surface area (Å²) in [5.74, 6) is 0. The smallest absolute Gasteiger partial charge is 0.0992 e. The lowest BCUT2D eigenvalue weighted by molar-refractivity contribution is 0.423. The molecular formula is C18H15N3. The molecule has 3 nitrogen and oxygen atoms in total. The van der Waals surface area contributed by atoms with Crippen LogP contribution in [0.1, 0.15) is 31.9 Å². The van der Waals surface area contributed by atoms with E-state index in [0.29, 0.717) is 11.1 Å². The molecule has 0 unspecified atom stereocenters. The number of benzene rings is 2. The lowest BCUT2D eigenvalue weighted by atomic mass is 10.1. The second-order valence-corrected chi connectivity index (χ2v) is 6.19. The van der Waals surface area contributed by atoms with Gasteiger partial charge in [0.15, 0.2) is 0 Å².